The minimum atomic E-state index is -6.23. The number of alkyl halides is 7. The van der Waals surface area contributed by atoms with Gasteiger partial charge in [0.15, 0.2) is 0 Å². The predicted octanol–water partition coefficient (Wildman–Crippen LogP) is 1.95. The van der Waals surface area contributed by atoms with Crippen molar-refractivity contribution in [3.63, 3.8) is 0 Å². The van der Waals surface area contributed by atoms with Gasteiger partial charge in [0.05, 0.1) is 0 Å². The van der Waals surface area contributed by atoms with Crippen LogP contribution in [0.15, 0.2) is 0 Å². The van der Waals surface area contributed by atoms with Gasteiger partial charge >= 0.3 is 63.7 Å². The monoisotopic (exact) mass is 249 g/mol. The molecule has 0 N–H and O–H groups in total. The molecule has 0 aromatic rings. The van der Waals surface area contributed by atoms with Crippen molar-refractivity contribution in [2.45, 2.75) is 16.9 Å². The molecule has 0 aliphatic rings. The summed E-state index contributed by atoms with van der Waals surface area (Å²) in [5.41, 5.74) is 0. The van der Waals surface area contributed by atoms with E-state index in [1.807, 2.05) is 0 Å². The van der Waals surface area contributed by atoms with Gasteiger partial charge in [-0.2, -0.15) is 0 Å². The van der Waals surface area contributed by atoms with Crippen molar-refractivity contribution in [2.75, 3.05) is 0 Å². The van der Waals surface area contributed by atoms with Crippen molar-refractivity contribution < 1.29 is 30.7 Å². The molecule has 1 radical (unpaired) electrons. The van der Waals surface area contributed by atoms with Gasteiger partial charge in [-0.05, 0) is 0 Å². The van der Waals surface area contributed by atoms with Crippen LogP contribution in [-0.2, 0) is 0 Å². The molecular weight excluding hydrogens is 248 g/mol. The van der Waals surface area contributed by atoms with Gasteiger partial charge in [-0.15, -0.1) is 0 Å². The van der Waals surface area contributed by atoms with E-state index in [2.05, 4.69) is 0 Å². The van der Waals surface area contributed by atoms with Gasteiger partial charge in [0.2, 0.25) is 0 Å². The molecule has 0 nitrogen and oxygen atoms in total. The Balaban J connectivity index is 4.75. The van der Waals surface area contributed by atoms with E-state index >= 15 is 0 Å². The predicted molar refractivity (Wildman–Crippen MR) is 21.7 cm³/mol. The van der Waals surface area contributed by atoms with Crippen LogP contribution in [0.25, 0.3) is 0 Å². The second-order valence-electron chi connectivity index (χ2n) is 1.59. The second-order valence-corrected chi connectivity index (χ2v) is 2.66. The van der Waals surface area contributed by atoms with E-state index in [0.29, 0.717) is 16.0 Å². The Morgan fingerprint density at radius 1 is 0.727 bits per heavy atom. The second kappa shape index (κ2) is 2.52. The summed E-state index contributed by atoms with van der Waals surface area (Å²) in [7, 11) is 0. The molecule has 0 aromatic heterocycles. The molecule has 0 fully saturated rings. The van der Waals surface area contributed by atoms with Gasteiger partial charge in [0, 0.05) is 0 Å². The molecule has 67 valence electrons. The number of halogens is 7. The van der Waals surface area contributed by atoms with Crippen molar-refractivity contribution in [3.8, 4) is 0 Å². The third kappa shape index (κ3) is 1.99. The van der Waals surface area contributed by atoms with Crippen LogP contribution >= 0.6 is 0 Å². The van der Waals surface area contributed by atoms with Crippen molar-refractivity contribution in [1.82, 2.24) is 0 Å². The first-order chi connectivity index (χ1) is 4.50. The fourth-order valence-corrected chi connectivity index (χ4v) is 0.408. The molecular formula is C3F7Se. The molecule has 11 heavy (non-hydrogen) atoms. The molecule has 0 aromatic carbocycles. The average Bonchev–Trinajstić information content (AvgIpc) is 1.58. The van der Waals surface area contributed by atoms with Crippen LogP contribution < -0.4 is 0 Å². The van der Waals surface area contributed by atoms with Gasteiger partial charge in [0.25, 0.3) is 0 Å². The third-order valence-electron chi connectivity index (χ3n) is 0.722. The Labute approximate surface area is 64.6 Å². The Hall–Kier alpha value is 0.0295. The average molecular weight is 248 g/mol. The number of rotatable bonds is 1. The van der Waals surface area contributed by atoms with Crippen LogP contribution in [0.1, 0.15) is 0 Å². The summed E-state index contributed by atoms with van der Waals surface area (Å²) in [6.45, 7) is 0. The van der Waals surface area contributed by atoms with Gasteiger partial charge in [-0.25, -0.2) is 0 Å². The van der Waals surface area contributed by atoms with Crippen molar-refractivity contribution in [2.24, 2.45) is 0 Å². The summed E-state index contributed by atoms with van der Waals surface area (Å²) >= 11 is 0.460. The zero-order valence-corrected chi connectivity index (χ0v) is 6.27. The zero-order valence-electron chi connectivity index (χ0n) is 4.55. The third-order valence-corrected chi connectivity index (χ3v) is 1.26. The summed E-state index contributed by atoms with van der Waals surface area (Å²) in [5, 5.41) is 0. The number of hydrogen-bond acceptors (Lipinski definition) is 0. The first kappa shape index (κ1) is 11.0. The van der Waals surface area contributed by atoms with Crippen LogP contribution in [0, 0.1) is 0 Å². The van der Waals surface area contributed by atoms with Crippen molar-refractivity contribution in [3.05, 3.63) is 0 Å². The molecule has 0 saturated heterocycles. The van der Waals surface area contributed by atoms with E-state index in [1.54, 1.807) is 0 Å². The number of hydrogen-bond donors (Lipinski definition) is 0. The van der Waals surface area contributed by atoms with E-state index in [0.717, 1.165) is 0 Å². The van der Waals surface area contributed by atoms with Crippen molar-refractivity contribution >= 4 is 16.0 Å². The molecule has 0 unspecified atom stereocenters. The van der Waals surface area contributed by atoms with Crippen LogP contribution in [0.3, 0.4) is 0 Å². The molecule has 0 aliphatic heterocycles. The van der Waals surface area contributed by atoms with E-state index in [9.17, 15) is 30.7 Å². The molecule has 0 heterocycles. The SMILES string of the molecule is FC(F)(F)C(F)(F)C(F)(F)[Se]. The van der Waals surface area contributed by atoms with E-state index in [4.69, 9.17) is 0 Å². The molecule has 0 aliphatic carbocycles. The molecule has 0 amide bonds. The summed E-state index contributed by atoms with van der Waals surface area (Å²) in [6.07, 6.45) is -6.23. The maximum atomic E-state index is 11.5. The quantitative estimate of drug-likeness (QED) is 0.491. The first-order valence-corrected chi connectivity index (χ1v) is 2.88. The Morgan fingerprint density at radius 2 is 1.00 bits per heavy atom. The van der Waals surface area contributed by atoms with Gasteiger partial charge in [-0.1, -0.05) is 0 Å². The normalized spacial score (nSPS) is 15.3. The van der Waals surface area contributed by atoms with Crippen LogP contribution in [0.5, 0.6) is 0 Å². The first-order valence-electron chi connectivity index (χ1n) is 2.03. The van der Waals surface area contributed by atoms with E-state index in [-0.39, 0.29) is 0 Å². The molecule has 0 saturated carbocycles. The van der Waals surface area contributed by atoms with E-state index < -0.39 is 16.9 Å². The van der Waals surface area contributed by atoms with Crippen LogP contribution in [0.2, 0.25) is 0 Å². The Kier molecular flexibility index (Phi) is 2.52. The molecule has 0 rings (SSSR count). The molecule has 8 heteroatoms. The maximum absolute atomic E-state index is 11.5. The van der Waals surface area contributed by atoms with Crippen LogP contribution in [0.4, 0.5) is 30.7 Å². The summed E-state index contributed by atoms with van der Waals surface area (Å²) in [5.74, 6) is -6.01. The summed E-state index contributed by atoms with van der Waals surface area (Å²) in [6, 6.07) is 0. The zero-order chi connectivity index (χ0) is 9.50. The molecule has 0 atom stereocenters. The van der Waals surface area contributed by atoms with Gasteiger partial charge < -0.3 is 0 Å². The summed E-state index contributed by atoms with van der Waals surface area (Å²) in [4.78, 5) is -5.20. The van der Waals surface area contributed by atoms with Crippen molar-refractivity contribution in [1.29, 1.82) is 0 Å². The fourth-order valence-electron chi connectivity index (χ4n) is 0.165. The van der Waals surface area contributed by atoms with Gasteiger partial charge in [-0.3, -0.25) is 0 Å². The fraction of sp³-hybridized carbons (Fsp3) is 1.00. The molecule has 0 bridgehead atoms. The molecule has 0 spiro atoms. The standard InChI is InChI=1S/C3F7Se/c4-1(5,2(6,7)8)3(9,10)11. The van der Waals surface area contributed by atoms with Gasteiger partial charge in [0.1, 0.15) is 0 Å². The summed E-state index contributed by atoms with van der Waals surface area (Å²) < 4.78 is 79.2. The van der Waals surface area contributed by atoms with E-state index in [1.165, 1.54) is 0 Å². The Morgan fingerprint density at radius 3 is 1.00 bits per heavy atom. The topological polar surface area (TPSA) is 0 Å². The minimum absolute atomic E-state index is 0.460. The Bertz CT molecular complexity index is 125. The van der Waals surface area contributed by atoms with Crippen LogP contribution in [-0.4, -0.2) is 32.9 Å².